The summed E-state index contributed by atoms with van der Waals surface area (Å²) in [6.07, 6.45) is 3.42. The van der Waals surface area contributed by atoms with E-state index in [9.17, 15) is 0 Å². The third-order valence-corrected chi connectivity index (χ3v) is 1.35. The SMILES string of the molecule is CC(C)N=C(N)c1cccnc1. The molecule has 0 aromatic carbocycles. The molecule has 1 aromatic heterocycles. The molecule has 3 heteroatoms. The minimum Gasteiger partial charge on any atom is -0.383 e. The smallest absolute Gasteiger partial charge is 0.127 e. The second kappa shape index (κ2) is 3.85. The number of nitrogens with two attached hydrogens (primary N) is 1. The van der Waals surface area contributed by atoms with Gasteiger partial charge in [0.15, 0.2) is 0 Å². The lowest BCUT2D eigenvalue weighted by Gasteiger charge is -2.01. The van der Waals surface area contributed by atoms with Gasteiger partial charge < -0.3 is 5.73 Å². The third-order valence-electron chi connectivity index (χ3n) is 1.35. The van der Waals surface area contributed by atoms with Crippen LogP contribution in [0.3, 0.4) is 0 Å². The number of rotatable bonds is 2. The van der Waals surface area contributed by atoms with Gasteiger partial charge in [-0.3, -0.25) is 9.98 Å². The molecule has 0 bridgehead atoms. The maximum absolute atomic E-state index is 5.71. The summed E-state index contributed by atoms with van der Waals surface area (Å²) in [4.78, 5) is 8.15. The Morgan fingerprint density at radius 1 is 1.58 bits per heavy atom. The fraction of sp³-hybridized carbons (Fsp3) is 0.333. The van der Waals surface area contributed by atoms with Crippen LogP contribution in [0.5, 0.6) is 0 Å². The van der Waals surface area contributed by atoms with Gasteiger partial charge in [0.05, 0.1) is 0 Å². The molecular formula is C9H13N3. The first-order chi connectivity index (χ1) is 5.70. The van der Waals surface area contributed by atoms with Crippen LogP contribution in [-0.2, 0) is 0 Å². The first kappa shape index (κ1) is 8.71. The van der Waals surface area contributed by atoms with Gasteiger partial charge in [0.1, 0.15) is 5.84 Å². The summed E-state index contributed by atoms with van der Waals surface area (Å²) in [6, 6.07) is 3.97. The van der Waals surface area contributed by atoms with Gasteiger partial charge in [0.2, 0.25) is 0 Å². The standard InChI is InChI=1S/C9H13N3/c1-7(2)12-9(10)8-4-3-5-11-6-8/h3-7H,1-2H3,(H2,10,12). The fourth-order valence-corrected chi connectivity index (χ4v) is 0.867. The second-order valence-corrected chi connectivity index (χ2v) is 2.85. The first-order valence-electron chi connectivity index (χ1n) is 3.94. The first-order valence-corrected chi connectivity index (χ1v) is 3.94. The number of pyridine rings is 1. The third kappa shape index (κ3) is 2.34. The molecule has 3 nitrogen and oxygen atoms in total. The molecule has 0 saturated carbocycles. The van der Waals surface area contributed by atoms with Crippen molar-refractivity contribution in [2.75, 3.05) is 0 Å². The minimum atomic E-state index is 0.227. The second-order valence-electron chi connectivity index (χ2n) is 2.85. The largest absolute Gasteiger partial charge is 0.383 e. The Morgan fingerprint density at radius 2 is 2.33 bits per heavy atom. The Hall–Kier alpha value is -1.38. The van der Waals surface area contributed by atoms with E-state index in [0.29, 0.717) is 5.84 Å². The summed E-state index contributed by atoms with van der Waals surface area (Å²) in [5, 5.41) is 0. The summed E-state index contributed by atoms with van der Waals surface area (Å²) in [5.74, 6) is 0.554. The van der Waals surface area contributed by atoms with E-state index in [4.69, 9.17) is 5.73 Å². The van der Waals surface area contributed by atoms with Crippen LogP contribution in [0.4, 0.5) is 0 Å². The Labute approximate surface area is 72.3 Å². The predicted octanol–water partition coefficient (Wildman–Crippen LogP) is 1.20. The van der Waals surface area contributed by atoms with Gasteiger partial charge in [-0.05, 0) is 26.0 Å². The van der Waals surface area contributed by atoms with Crippen molar-refractivity contribution >= 4 is 5.84 Å². The zero-order valence-corrected chi connectivity index (χ0v) is 7.36. The van der Waals surface area contributed by atoms with Gasteiger partial charge in [0.25, 0.3) is 0 Å². The molecule has 0 aliphatic carbocycles. The Kier molecular flexibility index (Phi) is 2.80. The number of amidine groups is 1. The normalized spacial score (nSPS) is 12.1. The quantitative estimate of drug-likeness (QED) is 0.526. The van der Waals surface area contributed by atoms with E-state index >= 15 is 0 Å². The van der Waals surface area contributed by atoms with Gasteiger partial charge in [0, 0.05) is 24.0 Å². The highest BCUT2D eigenvalue weighted by molar-refractivity contribution is 5.97. The number of hydrogen-bond donors (Lipinski definition) is 1. The Morgan fingerprint density at radius 3 is 2.83 bits per heavy atom. The van der Waals surface area contributed by atoms with E-state index in [1.165, 1.54) is 0 Å². The molecule has 0 saturated heterocycles. The lowest BCUT2D eigenvalue weighted by atomic mass is 10.2. The molecule has 1 heterocycles. The molecule has 1 rings (SSSR count). The zero-order valence-electron chi connectivity index (χ0n) is 7.36. The molecule has 0 spiro atoms. The number of aromatic nitrogens is 1. The molecule has 0 aliphatic heterocycles. The van der Waals surface area contributed by atoms with E-state index in [1.807, 2.05) is 26.0 Å². The van der Waals surface area contributed by atoms with E-state index in [0.717, 1.165) is 5.56 Å². The monoisotopic (exact) mass is 163 g/mol. The predicted molar refractivity (Wildman–Crippen MR) is 50.1 cm³/mol. The van der Waals surface area contributed by atoms with Gasteiger partial charge in [-0.2, -0.15) is 0 Å². The number of aliphatic imine (C=N–C) groups is 1. The van der Waals surface area contributed by atoms with E-state index in [2.05, 4.69) is 9.98 Å². The molecule has 1 aromatic rings. The van der Waals surface area contributed by atoms with E-state index in [-0.39, 0.29) is 6.04 Å². The maximum Gasteiger partial charge on any atom is 0.127 e. The summed E-state index contributed by atoms with van der Waals surface area (Å²) >= 11 is 0. The highest BCUT2D eigenvalue weighted by Gasteiger charge is 1.97. The lowest BCUT2D eigenvalue weighted by molar-refractivity contribution is 0.834. The van der Waals surface area contributed by atoms with Crippen molar-refractivity contribution in [3.63, 3.8) is 0 Å². The van der Waals surface area contributed by atoms with E-state index < -0.39 is 0 Å². The minimum absolute atomic E-state index is 0.227. The lowest BCUT2D eigenvalue weighted by Crippen LogP contribution is -2.15. The fourth-order valence-electron chi connectivity index (χ4n) is 0.867. The Balaban J connectivity index is 2.85. The van der Waals surface area contributed by atoms with Crippen molar-refractivity contribution in [2.24, 2.45) is 10.7 Å². The highest BCUT2D eigenvalue weighted by atomic mass is 14.9. The van der Waals surface area contributed by atoms with Crippen molar-refractivity contribution < 1.29 is 0 Å². The average molecular weight is 163 g/mol. The van der Waals surface area contributed by atoms with Crippen molar-refractivity contribution in [3.05, 3.63) is 30.1 Å². The van der Waals surface area contributed by atoms with Crippen molar-refractivity contribution in [1.82, 2.24) is 4.98 Å². The topological polar surface area (TPSA) is 51.3 Å². The summed E-state index contributed by atoms with van der Waals surface area (Å²) < 4.78 is 0. The maximum atomic E-state index is 5.71. The molecule has 12 heavy (non-hydrogen) atoms. The van der Waals surface area contributed by atoms with Crippen LogP contribution in [0.1, 0.15) is 19.4 Å². The van der Waals surface area contributed by atoms with Crippen LogP contribution in [0.2, 0.25) is 0 Å². The van der Waals surface area contributed by atoms with Crippen LogP contribution < -0.4 is 5.73 Å². The van der Waals surface area contributed by atoms with Gasteiger partial charge in [-0.25, -0.2) is 0 Å². The number of hydrogen-bond acceptors (Lipinski definition) is 2. The van der Waals surface area contributed by atoms with Crippen LogP contribution in [0.15, 0.2) is 29.5 Å². The summed E-state index contributed by atoms with van der Waals surface area (Å²) in [5.41, 5.74) is 6.59. The molecule has 0 atom stereocenters. The summed E-state index contributed by atoms with van der Waals surface area (Å²) in [6.45, 7) is 3.98. The van der Waals surface area contributed by atoms with Crippen LogP contribution in [0, 0.1) is 0 Å². The van der Waals surface area contributed by atoms with E-state index in [1.54, 1.807) is 12.4 Å². The molecule has 0 aliphatic rings. The van der Waals surface area contributed by atoms with Crippen molar-refractivity contribution in [1.29, 1.82) is 0 Å². The van der Waals surface area contributed by atoms with Crippen molar-refractivity contribution in [3.8, 4) is 0 Å². The van der Waals surface area contributed by atoms with Crippen LogP contribution in [0.25, 0.3) is 0 Å². The molecule has 0 unspecified atom stereocenters. The van der Waals surface area contributed by atoms with Gasteiger partial charge in [-0.1, -0.05) is 0 Å². The molecule has 0 radical (unpaired) electrons. The van der Waals surface area contributed by atoms with Crippen LogP contribution >= 0.6 is 0 Å². The van der Waals surface area contributed by atoms with Gasteiger partial charge in [-0.15, -0.1) is 0 Å². The van der Waals surface area contributed by atoms with Gasteiger partial charge >= 0.3 is 0 Å². The average Bonchev–Trinajstić information content (AvgIpc) is 2.05. The highest BCUT2D eigenvalue weighted by Crippen LogP contribution is 1.96. The molecule has 64 valence electrons. The number of nitrogens with zero attached hydrogens (tertiary/aromatic N) is 2. The summed E-state index contributed by atoms with van der Waals surface area (Å²) in [7, 11) is 0. The molecule has 0 fully saturated rings. The zero-order chi connectivity index (χ0) is 8.97. The molecule has 2 N–H and O–H groups in total. The Bertz CT molecular complexity index is 264. The molecular weight excluding hydrogens is 150 g/mol. The van der Waals surface area contributed by atoms with Crippen molar-refractivity contribution in [2.45, 2.75) is 19.9 Å². The van der Waals surface area contributed by atoms with Crippen LogP contribution in [-0.4, -0.2) is 16.9 Å². The molecule has 0 amide bonds.